The van der Waals surface area contributed by atoms with E-state index in [1.54, 1.807) is 11.1 Å². The van der Waals surface area contributed by atoms with Crippen molar-refractivity contribution in [2.24, 2.45) is 5.41 Å². The van der Waals surface area contributed by atoms with Crippen LogP contribution in [-0.2, 0) is 12.8 Å². The Morgan fingerprint density at radius 3 is 1.35 bits per heavy atom. The van der Waals surface area contributed by atoms with Gasteiger partial charge in [-0.05, 0) is 97.9 Å². The van der Waals surface area contributed by atoms with Crippen LogP contribution in [0.3, 0.4) is 0 Å². The number of aryl methyl sites for hydroxylation is 4. The summed E-state index contributed by atoms with van der Waals surface area (Å²) < 4.78 is 0. The van der Waals surface area contributed by atoms with Crippen LogP contribution in [0.1, 0.15) is 76.6 Å². The maximum atomic E-state index is 2.61. The second-order valence-electron chi connectivity index (χ2n) is 12.8. The molecule has 0 aliphatic heterocycles. The number of benzene rings is 4. The number of rotatable bonds is 4. The highest BCUT2D eigenvalue weighted by Gasteiger charge is 2.42. The van der Waals surface area contributed by atoms with Crippen LogP contribution in [0.4, 0.5) is 0 Å². The normalized spacial score (nSPS) is 17.3. The van der Waals surface area contributed by atoms with Crippen LogP contribution in [0.15, 0.2) is 83.9 Å². The van der Waals surface area contributed by atoms with Crippen LogP contribution in [0, 0.1) is 33.1 Å². The summed E-state index contributed by atoms with van der Waals surface area (Å²) in [4.78, 5) is 0. The van der Waals surface area contributed by atoms with Gasteiger partial charge in [0.2, 0.25) is 0 Å². The van der Waals surface area contributed by atoms with E-state index in [0.717, 1.165) is 12.8 Å². The molecule has 0 heteroatoms. The zero-order valence-corrected chi connectivity index (χ0v) is 24.5. The molecule has 0 N–H and O–H groups in total. The Balaban J connectivity index is 1.33. The lowest BCUT2D eigenvalue weighted by atomic mass is 9.63. The molecule has 0 aromatic heterocycles. The van der Waals surface area contributed by atoms with Gasteiger partial charge in [-0.25, -0.2) is 0 Å². The number of hydrogen-bond donors (Lipinski definition) is 0. The largest absolute Gasteiger partial charge is 0.0613 e. The van der Waals surface area contributed by atoms with E-state index in [1.807, 2.05) is 0 Å². The standard InChI is InChI=1S/C40H40/c1-26-16-27(2)19-32(18-26)36-12-8-10-30-22-34(24-38(30)36)40(14-6-5-7-15-40)35-23-31-11-9-13-37(39(31)25-35)33-20-28(3)17-29(4)21-33/h8-13,16-21,24-25H,5-7,14-15,22-23H2,1-4H3. The summed E-state index contributed by atoms with van der Waals surface area (Å²) in [6, 6.07) is 27.9. The summed E-state index contributed by atoms with van der Waals surface area (Å²) in [5.41, 5.74) is 20.3. The van der Waals surface area contributed by atoms with Crippen LogP contribution in [0.25, 0.3) is 34.4 Å². The van der Waals surface area contributed by atoms with Gasteiger partial charge in [0.05, 0.1) is 0 Å². The average molecular weight is 521 g/mol. The van der Waals surface area contributed by atoms with Crippen LogP contribution >= 0.6 is 0 Å². The molecule has 7 rings (SSSR count). The first-order valence-electron chi connectivity index (χ1n) is 15.2. The number of allylic oxidation sites excluding steroid dienone is 2. The maximum Gasteiger partial charge on any atom is 0.0134 e. The van der Waals surface area contributed by atoms with E-state index in [-0.39, 0.29) is 5.41 Å². The van der Waals surface area contributed by atoms with E-state index in [9.17, 15) is 0 Å². The Hall–Kier alpha value is -3.64. The van der Waals surface area contributed by atoms with E-state index < -0.39 is 0 Å². The lowest BCUT2D eigenvalue weighted by molar-refractivity contribution is 0.286. The third-order valence-electron chi connectivity index (χ3n) is 9.79. The van der Waals surface area contributed by atoms with Crippen molar-refractivity contribution in [1.29, 1.82) is 0 Å². The molecule has 4 aromatic rings. The first-order chi connectivity index (χ1) is 19.4. The first kappa shape index (κ1) is 25.3. The molecule has 40 heavy (non-hydrogen) atoms. The van der Waals surface area contributed by atoms with Gasteiger partial charge >= 0.3 is 0 Å². The lowest BCUT2D eigenvalue weighted by Crippen LogP contribution is -2.29. The van der Waals surface area contributed by atoms with E-state index in [0.29, 0.717) is 0 Å². The van der Waals surface area contributed by atoms with Gasteiger partial charge in [0.25, 0.3) is 0 Å². The first-order valence-corrected chi connectivity index (χ1v) is 15.2. The minimum atomic E-state index is 0.176. The Bertz CT molecular complexity index is 1540. The van der Waals surface area contributed by atoms with E-state index in [2.05, 4.69) is 113 Å². The zero-order chi connectivity index (χ0) is 27.4. The quantitative estimate of drug-likeness (QED) is 0.251. The molecular formula is C40H40. The predicted molar refractivity (Wildman–Crippen MR) is 172 cm³/mol. The van der Waals surface area contributed by atoms with Gasteiger partial charge in [0.15, 0.2) is 0 Å². The molecule has 1 saturated carbocycles. The van der Waals surface area contributed by atoms with E-state index in [1.165, 1.54) is 98.9 Å². The summed E-state index contributed by atoms with van der Waals surface area (Å²) in [5, 5.41) is 0. The molecule has 0 spiro atoms. The van der Waals surface area contributed by atoms with Crippen LogP contribution < -0.4 is 0 Å². The third kappa shape index (κ3) is 4.29. The molecule has 0 amide bonds. The summed E-state index contributed by atoms with van der Waals surface area (Å²) in [5.74, 6) is 0. The minimum Gasteiger partial charge on any atom is -0.0613 e. The molecule has 0 saturated heterocycles. The Morgan fingerprint density at radius 1 is 0.500 bits per heavy atom. The summed E-state index contributed by atoms with van der Waals surface area (Å²) >= 11 is 0. The highest BCUT2D eigenvalue weighted by Crippen LogP contribution is 2.55. The molecule has 0 heterocycles. The predicted octanol–water partition coefficient (Wildman–Crippen LogP) is 10.8. The van der Waals surface area contributed by atoms with Crippen LogP contribution in [-0.4, -0.2) is 0 Å². The average Bonchev–Trinajstić information content (AvgIpc) is 3.57. The fraction of sp³-hybridized carbons (Fsp3) is 0.300. The Morgan fingerprint density at radius 2 is 0.925 bits per heavy atom. The second kappa shape index (κ2) is 9.77. The molecule has 200 valence electrons. The van der Waals surface area contributed by atoms with Crippen molar-refractivity contribution in [1.82, 2.24) is 0 Å². The van der Waals surface area contributed by atoms with Gasteiger partial charge in [-0.1, -0.05) is 138 Å². The number of fused-ring (bicyclic) bond motifs is 2. The van der Waals surface area contributed by atoms with Crippen molar-refractivity contribution in [3.63, 3.8) is 0 Å². The van der Waals surface area contributed by atoms with Gasteiger partial charge in [0, 0.05) is 5.41 Å². The van der Waals surface area contributed by atoms with Gasteiger partial charge in [-0.3, -0.25) is 0 Å². The molecule has 0 atom stereocenters. The van der Waals surface area contributed by atoms with Crippen molar-refractivity contribution in [2.75, 3.05) is 0 Å². The summed E-state index contributed by atoms with van der Waals surface area (Å²) in [7, 11) is 0. The highest BCUT2D eigenvalue weighted by molar-refractivity contribution is 5.85. The van der Waals surface area contributed by atoms with Crippen molar-refractivity contribution in [3.05, 3.63) is 128 Å². The topological polar surface area (TPSA) is 0 Å². The Kier molecular flexibility index (Phi) is 6.19. The smallest absolute Gasteiger partial charge is 0.0134 e. The van der Waals surface area contributed by atoms with Crippen molar-refractivity contribution >= 4 is 12.2 Å². The highest BCUT2D eigenvalue weighted by atomic mass is 14.5. The van der Waals surface area contributed by atoms with Crippen molar-refractivity contribution in [2.45, 2.75) is 72.6 Å². The molecule has 3 aliphatic carbocycles. The molecule has 3 aliphatic rings. The SMILES string of the molecule is Cc1cc(C)cc(-c2cccc3c2C=C(C2(C4=Cc5c(cccc5-c5cc(C)cc(C)c5)C4)CCCCC2)C3)c1. The fourth-order valence-corrected chi connectivity index (χ4v) is 8.12. The van der Waals surface area contributed by atoms with Crippen molar-refractivity contribution < 1.29 is 0 Å². The molecule has 1 fully saturated rings. The molecule has 4 aromatic carbocycles. The van der Waals surface area contributed by atoms with E-state index in [4.69, 9.17) is 0 Å². The monoisotopic (exact) mass is 520 g/mol. The molecular weight excluding hydrogens is 480 g/mol. The fourth-order valence-electron chi connectivity index (χ4n) is 8.12. The molecule has 0 radical (unpaired) electrons. The van der Waals surface area contributed by atoms with Gasteiger partial charge in [0.1, 0.15) is 0 Å². The van der Waals surface area contributed by atoms with Gasteiger partial charge in [-0.2, -0.15) is 0 Å². The van der Waals surface area contributed by atoms with Crippen molar-refractivity contribution in [3.8, 4) is 22.3 Å². The molecule has 0 bridgehead atoms. The summed E-state index contributed by atoms with van der Waals surface area (Å²) in [6.07, 6.45) is 14.0. The maximum absolute atomic E-state index is 2.61. The second-order valence-corrected chi connectivity index (χ2v) is 12.8. The van der Waals surface area contributed by atoms with Gasteiger partial charge < -0.3 is 0 Å². The molecule has 0 unspecified atom stereocenters. The van der Waals surface area contributed by atoms with Crippen LogP contribution in [0.2, 0.25) is 0 Å². The minimum absolute atomic E-state index is 0.176. The molecule has 0 nitrogen and oxygen atoms in total. The van der Waals surface area contributed by atoms with Gasteiger partial charge in [-0.15, -0.1) is 0 Å². The number of hydrogen-bond acceptors (Lipinski definition) is 0. The van der Waals surface area contributed by atoms with Crippen LogP contribution in [0.5, 0.6) is 0 Å². The lowest BCUT2D eigenvalue weighted by Gasteiger charge is -2.40. The summed E-state index contributed by atoms with van der Waals surface area (Å²) in [6.45, 7) is 8.87. The Labute approximate surface area is 240 Å². The zero-order valence-electron chi connectivity index (χ0n) is 24.5. The van der Waals surface area contributed by atoms with E-state index >= 15 is 0 Å². The third-order valence-corrected chi connectivity index (χ3v) is 9.79.